The van der Waals surface area contributed by atoms with Gasteiger partial charge in [-0.1, -0.05) is 42.0 Å². The second-order valence-electron chi connectivity index (χ2n) is 8.90. The lowest BCUT2D eigenvalue weighted by Gasteiger charge is -2.12. The molecule has 0 fully saturated rings. The summed E-state index contributed by atoms with van der Waals surface area (Å²) in [5, 5.41) is 5.10. The molecule has 0 spiro atoms. The molecule has 0 saturated heterocycles. The Morgan fingerprint density at radius 3 is 2.39 bits per heavy atom. The highest BCUT2D eigenvalue weighted by molar-refractivity contribution is 7.92. The number of nitrogens with one attached hydrogen (secondary N) is 2. The van der Waals surface area contributed by atoms with Crippen LogP contribution in [0.1, 0.15) is 28.4 Å². The molecule has 7 heteroatoms. The molecular formula is C29H27N3O3S. The van der Waals surface area contributed by atoms with E-state index in [9.17, 15) is 13.2 Å². The zero-order chi connectivity index (χ0) is 25.4. The van der Waals surface area contributed by atoms with Gasteiger partial charge in [0, 0.05) is 39.6 Å². The lowest BCUT2D eigenvalue weighted by Crippen LogP contribution is -2.16. The third kappa shape index (κ3) is 4.33. The molecule has 0 radical (unpaired) electrons. The summed E-state index contributed by atoms with van der Waals surface area (Å²) in [6.45, 7) is 6.75. The van der Waals surface area contributed by atoms with Gasteiger partial charge in [-0.15, -0.1) is 0 Å². The number of carbonyl (C=O) groups is 1. The highest BCUT2D eigenvalue weighted by atomic mass is 32.2. The number of para-hydroxylation sites is 1. The van der Waals surface area contributed by atoms with E-state index in [0.717, 1.165) is 39.5 Å². The summed E-state index contributed by atoms with van der Waals surface area (Å²) in [4.78, 5) is 13.1. The van der Waals surface area contributed by atoms with Crippen molar-refractivity contribution in [1.29, 1.82) is 0 Å². The van der Waals surface area contributed by atoms with Crippen molar-refractivity contribution in [2.75, 3.05) is 10.0 Å². The molecule has 1 amide bonds. The summed E-state index contributed by atoms with van der Waals surface area (Å²) >= 11 is 0. The van der Waals surface area contributed by atoms with E-state index in [-0.39, 0.29) is 16.4 Å². The minimum absolute atomic E-state index is 0.0246. The molecule has 0 aliphatic carbocycles. The van der Waals surface area contributed by atoms with Crippen LogP contribution in [-0.2, 0) is 16.6 Å². The average molecular weight is 498 g/mol. The van der Waals surface area contributed by atoms with E-state index in [4.69, 9.17) is 0 Å². The third-order valence-corrected chi connectivity index (χ3v) is 7.74. The van der Waals surface area contributed by atoms with Crippen LogP contribution in [0.15, 0.2) is 89.8 Å². The number of carbonyl (C=O) groups excluding carboxylic acids is 1. The lowest BCUT2D eigenvalue weighted by molar-refractivity contribution is 0.102. The monoisotopic (exact) mass is 497 g/mol. The predicted molar refractivity (Wildman–Crippen MR) is 146 cm³/mol. The molecule has 2 N–H and O–H groups in total. The molecule has 0 unspecified atom stereocenters. The predicted octanol–water partition coefficient (Wildman–Crippen LogP) is 6.48. The zero-order valence-electron chi connectivity index (χ0n) is 20.4. The van der Waals surface area contributed by atoms with Crippen molar-refractivity contribution in [2.24, 2.45) is 0 Å². The van der Waals surface area contributed by atoms with Crippen LogP contribution in [0.5, 0.6) is 0 Å². The van der Waals surface area contributed by atoms with E-state index in [1.165, 1.54) is 12.1 Å². The number of sulfonamides is 1. The van der Waals surface area contributed by atoms with Gasteiger partial charge in [0.25, 0.3) is 15.9 Å². The van der Waals surface area contributed by atoms with Crippen LogP contribution in [0.3, 0.4) is 0 Å². The number of amides is 1. The Hall–Kier alpha value is -4.10. The number of anilines is 2. The molecule has 0 atom stereocenters. The van der Waals surface area contributed by atoms with Crippen LogP contribution in [0.4, 0.5) is 11.4 Å². The third-order valence-electron chi connectivity index (χ3n) is 6.38. The van der Waals surface area contributed by atoms with Gasteiger partial charge in [-0.25, -0.2) is 8.42 Å². The van der Waals surface area contributed by atoms with Gasteiger partial charge >= 0.3 is 0 Å². The van der Waals surface area contributed by atoms with E-state index in [1.807, 2.05) is 56.3 Å². The van der Waals surface area contributed by atoms with Crippen molar-refractivity contribution in [1.82, 2.24) is 4.57 Å². The first-order valence-corrected chi connectivity index (χ1v) is 13.3. The van der Waals surface area contributed by atoms with Gasteiger partial charge in [0.2, 0.25) is 0 Å². The molecule has 0 bridgehead atoms. The molecule has 36 heavy (non-hydrogen) atoms. The molecule has 182 valence electrons. The Labute approximate surface area is 210 Å². The molecule has 6 nitrogen and oxygen atoms in total. The van der Waals surface area contributed by atoms with Gasteiger partial charge in [-0.05, 0) is 74.9 Å². The first kappa shape index (κ1) is 23.6. The Kier molecular flexibility index (Phi) is 6.02. The fraction of sp³-hybridized carbons (Fsp3) is 0.138. The number of rotatable bonds is 6. The zero-order valence-corrected chi connectivity index (χ0v) is 21.2. The van der Waals surface area contributed by atoms with Crippen molar-refractivity contribution in [3.8, 4) is 0 Å². The summed E-state index contributed by atoms with van der Waals surface area (Å²) in [6.07, 6.45) is 0. The average Bonchev–Trinajstić information content (AvgIpc) is 3.19. The van der Waals surface area contributed by atoms with Crippen molar-refractivity contribution in [3.63, 3.8) is 0 Å². The second-order valence-corrected chi connectivity index (χ2v) is 10.6. The number of hydrogen-bond acceptors (Lipinski definition) is 3. The summed E-state index contributed by atoms with van der Waals surface area (Å²) in [6, 6.07) is 25.6. The van der Waals surface area contributed by atoms with Crippen LogP contribution in [0.25, 0.3) is 21.8 Å². The minimum atomic E-state index is -3.86. The van der Waals surface area contributed by atoms with Crippen LogP contribution in [0.2, 0.25) is 0 Å². The highest BCUT2D eigenvalue weighted by Gasteiger charge is 2.18. The van der Waals surface area contributed by atoms with Crippen LogP contribution in [-0.4, -0.2) is 18.9 Å². The standard InChI is InChI=1S/C29H27N3O3S/c1-4-32-27-11-6-5-10-24(27)25-18-22(13-15-28(25)32)30-29(33)21-8-7-9-23(17-21)36(34,35)31-26-14-12-19(2)16-20(26)3/h5-18,31H,4H2,1-3H3,(H,30,33). The Morgan fingerprint density at radius 2 is 1.61 bits per heavy atom. The van der Waals surface area contributed by atoms with Gasteiger partial charge in [0.1, 0.15) is 0 Å². The van der Waals surface area contributed by atoms with Gasteiger partial charge in [0.05, 0.1) is 10.6 Å². The summed E-state index contributed by atoms with van der Waals surface area (Å²) < 4.78 is 30.9. The number of fused-ring (bicyclic) bond motifs is 3. The summed E-state index contributed by atoms with van der Waals surface area (Å²) in [5.41, 5.74) is 5.53. The summed E-state index contributed by atoms with van der Waals surface area (Å²) in [5.74, 6) is -0.378. The van der Waals surface area contributed by atoms with Crippen LogP contribution < -0.4 is 10.0 Å². The lowest BCUT2D eigenvalue weighted by atomic mass is 10.1. The summed E-state index contributed by atoms with van der Waals surface area (Å²) in [7, 11) is -3.86. The Bertz CT molecular complexity index is 1740. The van der Waals surface area contributed by atoms with E-state index in [1.54, 1.807) is 18.2 Å². The number of nitrogens with zero attached hydrogens (tertiary/aromatic N) is 1. The molecule has 1 heterocycles. The Balaban J connectivity index is 1.42. The number of aryl methyl sites for hydroxylation is 3. The molecule has 4 aromatic carbocycles. The topological polar surface area (TPSA) is 80.2 Å². The SMILES string of the molecule is CCn1c2ccccc2c2cc(NC(=O)c3cccc(S(=O)(=O)Nc4ccc(C)cc4C)c3)ccc21. The van der Waals surface area contributed by atoms with Gasteiger partial charge in [-0.3, -0.25) is 9.52 Å². The molecule has 0 aliphatic heterocycles. The first-order valence-electron chi connectivity index (χ1n) is 11.8. The fourth-order valence-corrected chi connectivity index (χ4v) is 5.79. The maximum Gasteiger partial charge on any atom is 0.261 e. The molecule has 1 aromatic heterocycles. The van der Waals surface area contributed by atoms with Gasteiger partial charge < -0.3 is 9.88 Å². The van der Waals surface area contributed by atoms with E-state index >= 15 is 0 Å². The molecule has 5 rings (SSSR count). The van der Waals surface area contributed by atoms with E-state index < -0.39 is 10.0 Å². The fourth-order valence-electron chi connectivity index (χ4n) is 4.61. The molecule has 0 saturated carbocycles. The number of aromatic nitrogens is 1. The highest BCUT2D eigenvalue weighted by Crippen LogP contribution is 2.31. The largest absolute Gasteiger partial charge is 0.341 e. The van der Waals surface area contributed by atoms with E-state index in [2.05, 4.69) is 33.7 Å². The van der Waals surface area contributed by atoms with Crippen molar-refractivity contribution in [2.45, 2.75) is 32.2 Å². The molecular weight excluding hydrogens is 470 g/mol. The van der Waals surface area contributed by atoms with Crippen molar-refractivity contribution < 1.29 is 13.2 Å². The molecule has 5 aromatic rings. The smallest absolute Gasteiger partial charge is 0.261 e. The minimum Gasteiger partial charge on any atom is -0.341 e. The van der Waals surface area contributed by atoms with Gasteiger partial charge in [0.15, 0.2) is 0 Å². The van der Waals surface area contributed by atoms with Crippen molar-refractivity contribution >= 4 is 49.1 Å². The van der Waals surface area contributed by atoms with Crippen LogP contribution >= 0.6 is 0 Å². The van der Waals surface area contributed by atoms with Gasteiger partial charge in [-0.2, -0.15) is 0 Å². The maximum atomic E-state index is 13.1. The van der Waals surface area contributed by atoms with E-state index in [0.29, 0.717) is 11.4 Å². The Morgan fingerprint density at radius 1 is 0.833 bits per heavy atom. The van der Waals surface area contributed by atoms with Crippen molar-refractivity contribution in [3.05, 3.63) is 102 Å². The number of hydrogen-bond donors (Lipinski definition) is 2. The van der Waals surface area contributed by atoms with Crippen LogP contribution in [0, 0.1) is 13.8 Å². The quantitative estimate of drug-likeness (QED) is 0.282. The maximum absolute atomic E-state index is 13.1. The number of benzene rings is 4. The normalized spacial score (nSPS) is 11.6. The first-order chi connectivity index (χ1) is 17.3. The second kappa shape index (κ2) is 9.17. The molecule has 0 aliphatic rings.